The first-order chi connectivity index (χ1) is 18.4. The predicted octanol–water partition coefficient (Wildman–Crippen LogP) is 6.70. The number of benzene rings is 4. The number of nitrogens with zero attached hydrogens (tertiary/aromatic N) is 1. The molecule has 0 fully saturated rings. The van der Waals surface area contributed by atoms with E-state index in [1.165, 1.54) is 18.2 Å². The first kappa shape index (κ1) is 28.1. The highest BCUT2D eigenvalue weighted by molar-refractivity contribution is 7.92. The van der Waals surface area contributed by atoms with Gasteiger partial charge < -0.3 is 5.32 Å². The van der Waals surface area contributed by atoms with Crippen LogP contribution in [0.1, 0.15) is 42.3 Å². The highest BCUT2D eigenvalue weighted by Crippen LogP contribution is 2.27. The highest BCUT2D eigenvalue weighted by Gasteiger charge is 2.27. The summed E-state index contributed by atoms with van der Waals surface area (Å²) in [6.07, 6.45) is 0. The van der Waals surface area contributed by atoms with Gasteiger partial charge in [0.15, 0.2) is 5.78 Å². The van der Waals surface area contributed by atoms with Gasteiger partial charge in [-0.15, -0.1) is 0 Å². The summed E-state index contributed by atoms with van der Waals surface area (Å²) >= 11 is 6.13. The molecule has 200 valence electrons. The molecule has 0 saturated carbocycles. The van der Waals surface area contributed by atoms with Crippen LogP contribution in [-0.2, 0) is 20.2 Å². The van der Waals surface area contributed by atoms with E-state index in [2.05, 4.69) is 26.1 Å². The Morgan fingerprint density at radius 3 is 2.10 bits per heavy atom. The van der Waals surface area contributed by atoms with Gasteiger partial charge in [0.05, 0.1) is 10.6 Å². The molecule has 0 aliphatic carbocycles. The predicted molar refractivity (Wildman–Crippen MR) is 156 cm³/mol. The molecule has 0 saturated heterocycles. The molecule has 0 spiro atoms. The van der Waals surface area contributed by atoms with E-state index < -0.39 is 22.5 Å². The summed E-state index contributed by atoms with van der Waals surface area (Å²) in [7, 11) is -4.07. The molecule has 4 aromatic rings. The Hall–Kier alpha value is -3.94. The van der Waals surface area contributed by atoms with Crippen molar-refractivity contribution in [2.75, 3.05) is 16.2 Å². The van der Waals surface area contributed by atoms with Crippen LogP contribution in [0, 0.1) is 0 Å². The van der Waals surface area contributed by atoms with Crippen molar-refractivity contribution in [1.29, 1.82) is 0 Å². The van der Waals surface area contributed by atoms with Crippen molar-refractivity contribution in [3.8, 4) is 0 Å². The number of amides is 1. The number of halogens is 1. The molecule has 4 rings (SSSR count). The number of hydrogen-bond donors (Lipinski definition) is 1. The van der Waals surface area contributed by atoms with Crippen molar-refractivity contribution >= 4 is 44.7 Å². The fourth-order valence-corrected chi connectivity index (χ4v) is 5.64. The monoisotopic (exact) mass is 560 g/mol. The number of sulfonamides is 1. The van der Waals surface area contributed by atoms with Crippen molar-refractivity contribution in [2.24, 2.45) is 0 Å². The standard InChI is InChI=1S/C31H29ClN2O4S/c1-31(2,3)24-17-15-22(16-18-24)30(36)23-9-7-11-26(19-23)33-29(35)21-34(27-12-8-10-25(32)20-27)39(37,38)28-13-5-4-6-14-28/h4-20H,21H2,1-3H3,(H,33,35). The number of carbonyl (C=O) groups excluding carboxylic acids is 2. The molecular formula is C31H29ClN2O4S. The van der Waals surface area contributed by atoms with Crippen molar-refractivity contribution in [3.63, 3.8) is 0 Å². The lowest BCUT2D eigenvalue weighted by Gasteiger charge is -2.24. The van der Waals surface area contributed by atoms with Crippen molar-refractivity contribution in [1.82, 2.24) is 0 Å². The maximum atomic E-state index is 13.5. The number of ketones is 1. The number of anilines is 2. The number of carbonyl (C=O) groups is 2. The molecule has 0 aliphatic heterocycles. The molecule has 0 bridgehead atoms. The van der Waals surface area contributed by atoms with Gasteiger partial charge in [0.1, 0.15) is 6.54 Å². The van der Waals surface area contributed by atoms with Gasteiger partial charge in [-0.2, -0.15) is 0 Å². The summed E-state index contributed by atoms with van der Waals surface area (Å²) in [6.45, 7) is 5.82. The molecule has 1 amide bonds. The van der Waals surface area contributed by atoms with Gasteiger partial charge in [-0.1, -0.05) is 93.0 Å². The Kier molecular flexibility index (Phi) is 8.23. The van der Waals surface area contributed by atoms with Gasteiger partial charge in [-0.05, 0) is 53.4 Å². The Balaban J connectivity index is 1.56. The Morgan fingerprint density at radius 1 is 0.795 bits per heavy atom. The molecule has 6 nitrogen and oxygen atoms in total. The molecule has 8 heteroatoms. The van der Waals surface area contributed by atoms with Gasteiger partial charge >= 0.3 is 0 Å². The fraction of sp³-hybridized carbons (Fsp3) is 0.161. The van der Waals surface area contributed by atoms with Crippen LogP contribution in [0.2, 0.25) is 5.02 Å². The summed E-state index contributed by atoms with van der Waals surface area (Å²) in [4.78, 5) is 26.3. The quantitative estimate of drug-likeness (QED) is 0.243. The SMILES string of the molecule is CC(C)(C)c1ccc(C(=O)c2cccc(NC(=O)CN(c3cccc(Cl)c3)S(=O)(=O)c3ccccc3)c2)cc1. The molecule has 0 unspecified atom stereocenters. The topological polar surface area (TPSA) is 83.6 Å². The second kappa shape index (κ2) is 11.4. The Morgan fingerprint density at radius 2 is 1.46 bits per heavy atom. The minimum absolute atomic E-state index is 0.0290. The van der Waals surface area contributed by atoms with E-state index in [0.717, 1.165) is 9.87 Å². The van der Waals surface area contributed by atoms with Crippen molar-refractivity contribution < 1.29 is 18.0 Å². The molecule has 0 heterocycles. The summed E-state index contributed by atoms with van der Waals surface area (Å²) in [5, 5.41) is 3.06. The molecular weight excluding hydrogens is 532 g/mol. The van der Waals surface area contributed by atoms with E-state index >= 15 is 0 Å². The van der Waals surface area contributed by atoms with Crippen LogP contribution in [0.3, 0.4) is 0 Å². The third kappa shape index (κ3) is 6.74. The van der Waals surface area contributed by atoms with Crippen LogP contribution in [0.5, 0.6) is 0 Å². The van der Waals surface area contributed by atoms with Crippen molar-refractivity contribution in [3.05, 3.63) is 125 Å². The highest BCUT2D eigenvalue weighted by atomic mass is 35.5. The van der Waals surface area contributed by atoms with Gasteiger partial charge in [-0.3, -0.25) is 13.9 Å². The van der Waals surface area contributed by atoms with Crippen LogP contribution in [-0.4, -0.2) is 26.7 Å². The third-order valence-corrected chi connectivity index (χ3v) is 8.16. The fourth-order valence-electron chi connectivity index (χ4n) is 4.02. The van der Waals surface area contributed by atoms with Gasteiger partial charge in [0.25, 0.3) is 10.0 Å². The van der Waals surface area contributed by atoms with Gasteiger partial charge in [0, 0.05) is 21.8 Å². The maximum absolute atomic E-state index is 13.5. The molecule has 0 aromatic heterocycles. The van der Waals surface area contributed by atoms with Gasteiger partial charge in [0.2, 0.25) is 5.91 Å². The van der Waals surface area contributed by atoms with Crippen LogP contribution in [0.15, 0.2) is 108 Å². The molecule has 4 aromatic carbocycles. The minimum Gasteiger partial charge on any atom is -0.324 e. The summed E-state index contributed by atoms with van der Waals surface area (Å²) < 4.78 is 28.0. The lowest BCUT2D eigenvalue weighted by Crippen LogP contribution is -2.38. The Bertz CT molecular complexity index is 1600. The smallest absolute Gasteiger partial charge is 0.264 e. The molecule has 39 heavy (non-hydrogen) atoms. The summed E-state index contributed by atoms with van der Waals surface area (Å²) in [5.41, 5.74) is 2.66. The minimum atomic E-state index is -4.07. The molecule has 0 radical (unpaired) electrons. The average Bonchev–Trinajstić information content (AvgIpc) is 2.91. The van der Waals surface area contributed by atoms with E-state index in [4.69, 9.17) is 11.6 Å². The number of rotatable bonds is 8. The van der Waals surface area contributed by atoms with Crippen LogP contribution >= 0.6 is 11.6 Å². The van der Waals surface area contributed by atoms with Gasteiger partial charge in [-0.25, -0.2) is 8.42 Å². The Labute approximate surface area is 234 Å². The molecule has 1 N–H and O–H groups in total. The van der Waals surface area contributed by atoms with E-state index in [1.54, 1.807) is 72.8 Å². The van der Waals surface area contributed by atoms with Crippen LogP contribution in [0.4, 0.5) is 11.4 Å². The second-order valence-electron chi connectivity index (χ2n) is 10.1. The van der Waals surface area contributed by atoms with E-state index in [1.807, 2.05) is 12.1 Å². The average molecular weight is 561 g/mol. The molecule has 0 atom stereocenters. The van der Waals surface area contributed by atoms with E-state index in [-0.39, 0.29) is 21.8 Å². The first-order valence-corrected chi connectivity index (χ1v) is 14.2. The zero-order valence-electron chi connectivity index (χ0n) is 21.9. The lowest BCUT2D eigenvalue weighted by molar-refractivity contribution is -0.114. The largest absolute Gasteiger partial charge is 0.324 e. The molecule has 0 aliphatic rings. The van der Waals surface area contributed by atoms with Crippen LogP contribution < -0.4 is 9.62 Å². The van der Waals surface area contributed by atoms with Crippen molar-refractivity contribution in [2.45, 2.75) is 31.1 Å². The lowest BCUT2D eigenvalue weighted by atomic mass is 9.86. The normalized spacial score (nSPS) is 11.6. The second-order valence-corrected chi connectivity index (χ2v) is 12.4. The summed E-state index contributed by atoms with van der Waals surface area (Å²) in [6, 6.07) is 28.2. The van der Waals surface area contributed by atoms with E-state index in [9.17, 15) is 18.0 Å². The van der Waals surface area contributed by atoms with E-state index in [0.29, 0.717) is 21.8 Å². The summed E-state index contributed by atoms with van der Waals surface area (Å²) in [5.74, 6) is -0.757. The first-order valence-electron chi connectivity index (χ1n) is 12.3. The number of hydrogen-bond acceptors (Lipinski definition) is 4. The number of nitrogens with one attached hydrogen (secondary N) is 1. The zero-order chi connectivity index (χ0) is 28.2. The van der Waals surface area contributed by atoms with Crippen LogP contribution in [0.25, 0.3) is 0 Å². The maximum Gasteiger partial charge on any atom is 0.264 e. The third-order valence-electron chi connectivity index (χ3n) is 6.14. The zero-order valence-corrected chi connectivity index (χ0v) is 23.5.